The third-order valence-electron chi connectivity index (χ3n) is 5.58. The van der Waals surface area contributed by atoms with Crippen molar-refractivity contribution >= 4 is 11.6 Å². The summed E-state index contributed by atoms with van der Waals surface area (Å²) in [7, 11) is 0. The third-order valence-corrected chi connectivity index (χ3v) is 5.58. The highest BCUT2D eigenvalue weighted by Crippen LogP contribution is 2.46. The summed E-state index contributed by atoms with van der Waals surface area (Å²) < 4.78 is 0. The molecule has 1 N–H and O–H groups in total. The number of phenols is 1. The van der Waals surface area contributed by atoms with Gasteiger partial charge in [-0.25, -0.2) is 0 Å². The van der Waals surface area contributed by atoms with Crippen LogP contribution in [0, 0.1) is 0 Å². The average molecular weight is 320 g/mol. The smallest absolute Gasteiger partial charge is 0.115 e. The van der Waals surface area contributed by atoms with Crippen LogP contribution in [-0.2, 0) is 10.8 Å². The lowest BCUT2D eigenvalue weighted by atomic mass is 9.63. The number of aromatic hydroxyl groups is 1. The van der Waals surface area contributed by atoms with E-state index in [9.17, 15) is 5.11 Å². The highest BCUT2D eigenvalue weighted by atomic mass is 16.3. The van der Waals surface area contributed by atoms with Crippen molar-refractivity contribution in [2.45, 2.75) is 58.3 Å². The molecule has 1 aliphatic carbocycles. The van der Waals surface area contributed by atoms with Gasteiger partial charge in [-0.1, -0.05) is 64.1 Å². The highest BCUT2D eigenvalue weighted by molar-refractivity contribution is 5.80. The highest BCUT2D eigenvalue weighted by Gasteiger charge is 2.36. The number of allylic oxidation sites excluding steroid dienone is 1. The molecule has 0 heterocycles. The number of hydrogen-bond acceptors (Lipinski definition) is 1. The molecule has 2 aromatic carbocycles. The monoisotopic (exact) mass is 320 g/mol. The normalized spacial score (nSPS) is 19.0. The Morgan fingerprint density at radius 2 is 1.46 bits per heavy atom. The molecule has 0 amide bonds. The fourth-order valence-corrected chi connectivity index (χ4v) is 3.74. The van der Waals surface area contributed by atoms with Crippen LogP contribution >= 0.6 is 0 Å². The summed E-state index contributed by atoms with van der Waals surface area (Å²) in [5.41, 5.74) is 7.14. The molecule has 0 spiro atoms. The molecule has 0 aromatic heterocycles. The average Bonchev–Trinajstić information content (AvgIpc) is 2.54. The van der Waals surface area contributed by atoms with Gasteiger partial charge in [0.15, 0.2) is 0 Å². The second-order valence-electron chi connectivity index (χ2n) is 8.45. The Hall–Kier alpha value is -2.02. The molecular weight excluding hydrogens is 292 g/mol. The molecule has 24 heavy (non-hydrogen) atoms. The van der Waals surface area contributed by atoms with E-state index in [1.54, 1.807) is 12.1 Å². The summed E-state index contributed by atoms with van der Waals surface area (Å²) in [4.78, 5) is 0. The van der Waals surface area contributed by atoms with E-state index in [-0.39, 0.29) is 10.8 Å². The molecule has 3 rings (SSSR count). The van der Waals surface area contributed by atoms with Crippen LogP contribution in [0.1, 0.15) is 69.7 Å². The molecule has 0 atom stereocenters. The van der Waals surface area contributed by atoms with E-state index in [1.165, 1.54) is 35.1 Å². The van der Waals surface area contributed by atoms with Gasteiger partial charge in [0.1, 0.15) is 5.75 Å². The van der Waals surface area contributed by atoms with Gasteiger partial charge in [0, 0.05) is 0 Å². The van der Waals surface area contributed by atoms with Gasteiger partial charge < -0.3 is 5.11 Å². The van der Waals surface area contributed by atoms with Gasteiger partial charge in [0.2, 0.25) is 0 Å². The largest absolute Gasteiger partial charge is 0.508 e. The predicted octanol–water partition coefficient (Wildman–Crippen LogP) is 6.30. The Morgan fingerprint density at radius 1 is 0.875 bits per heavy atom. The molecule has 2 aromatic rings. The van der Waals surface area contributed by atoms with E-state index in [1.807, 2.05) is 12.1 Å². The van der Waals surface area contributed by atoms with E-state index in [0.717, 1.165) is 5.56 Å². The first-order valence-electron chi connectivity index (χ1n) is 8.82. The van der Waals surface area contributed by atoms with Crippen molar-refractivity contribution in [3.8, 4) is 5.75 Å². The van der Waals surface area contributed by atoms with E-state index < -0.39 is 0 Å². The molecule has 0 fully saturated rings. The Morgan fingerprint density at radius 3 is 2.08 bits per heavy atom. The van der Waals surface area contributed by atoms with Gasteiger partial charge in [0.25, 0.3) is 0 Å². The second kappa shape index (κ2) is 5.81. The minimum absolute atomic E-state index is 0.236. The van der Waals surface area contributed by atoms with Crippen molar-refractivity contribution < 1.29 is 5.11 Å². The Balaban J connectivity index is 2.03. The van der Waals surface area contributed by atoms with Crippen molar-refractivity contribution in [2.75, 3.05) is 0 Å². The SMILES string of the molecule is C/C(=C/c1ccc(O)cc1)c1ccc2c(c1)C(C)(C)CCC2(C)C. The van der Waals surface area contributed by atoms with Crippen LogP contribution < -0.4 is 0 Å². The summed E-state index contributed by atoms with van der Waals surface area (Å²) in [6.45, 7) is 11.6. The number of phenolic OH excluding ortho intramolecular Hbond substituents is 1. The molecule has 0 aliphatic heterocycles. The van der Waals surface area contributed by atoms with Gasteiger partial charge in [-0.15, -0.1) is 0 Å². The van der Waals surface area contributed by atoms with Crippen LogP contribution in [0.4, 0.5) is 0 Å². The first-order chi connectivity index (χ1) is 11.2. The predicted molar refractivity (Wildman–Crippen MR) is 103 cm³/mol. The Bertz CT molecular complexity index is 776. The lowest BCUT2D eigenvalue weighted by Gasteiger charge is -2.42. The Labute approximate surface area is 146 Å². The lowest BCUT2D eigenvalue weighted by Crippen LogP contribution is -2.33. The van der Waals surface area contributed by atoms with Crippen LogP contribution in [0.15, 0.2) is 42.5 Å². The third kappa shape index (κ3) is 3.13. The summed E-state index contributed by atoms with van der Waals surface area (Å²) in [6, 6.07) is 14.3. The second-order valence-corrected chi connectivity index (χ2v) is 8.45. The summed E-state index contributed by atoms with van der Waals surface area (Å²) in [5, 5.41) is 9.43. The quantitative estimate of drug-likeness (QED) is 0.644. The van der Waals surface area contributed by atoms with Gasteiger partial charge in [-0.2, -0.15) is 0 Å². The molecule has 1 nitrogen and oxygen atoms in total. The molecule has 126 valence electrons. The van der Waals surface area contributed by atoms with Gasteiger partial charge in [-0.05, 0) is 70.6 Å². The standard InChI is InChI=1S/C23H28O/c1-16(14-17-6-9-19(24)10-7-17)18-8-11-20-21(15-18)23(4,5)13-12-22(20,2)3/h6-11,14-15,24H,12-13H2,1-5H3/b16-14-. The fraction of sp³-hybridized carbons (Fsp3) is 0.391. The molecule has 1 aliphatic rings. The molecule has 0 bridgehead atoms. The fourth-order valence-electron chi connectivity index (χ4n) is 3.74. The van der Waals surface area contributed by atoms with Crippen molar-refractivity contribution in [3.05, 3.63) is 64.7 Å². The van der Waals surface area contributed by atoms with Crippen LogP contribution in [0.2, 0.25) is 0 Å². The van der Waals surface area contributed by atoms with E-state index >= 15 is 0 Å². The van der Waals surface area contributed by atoms with Crippen molar-refractivity contribution in [1.82, 2.24) is 0 Å². The molecular formula is C23H28O. The van der Waals surface area contributed by atoms with E-state index in [2.05, 4.69) is 58.9 Å². The van der Waals surface area contributed by atoms with Crippen LogP contribution in [-0.4, -0.2) is 5.11 Å². The maximum Gasteiger partial charge on any atom is 0.115 e. The summed E-state index contributed by atoms with van der Waals surface area (Å²) >= 11 is 0. The number of benzene rings is 2. The van der Waals surface area contributed by atoms with Gasteiger partial charge in [0.05, 0.1) is 0 Å². The van der Waals surface area contributed by atoms with Crippen molar-refractivity contribution in [1.29, 1.82) is 0 Å². The summed E-state index contributed by atoms with van der Waals surface area (Å²) in [6.07, 6.45) is 4.66. The zero-order valence-corrected chi connectivity index (χ0v) is 15.5. The van der Waals surface area contributed by atoms with E-state index in [4.69, 9.17) is 0 Å². The van der Waals surface area contributed by atoms with Crippen LogP contribution in [0.3, 0.4) is 0 Å². The molecule has 1 heteroatoms. The maximum absolute atomic E-state index is 9.43. The lowest BCUT2D eigenvalue weighted by molar-refractivity contribution is 0.332. The number of hydrogen-bond donors (Lipinski definition) is 1. The zero-order chi connectivity index (χ0) is 17.5. The zero-order valence-electron chi connectivity index (χ0n) is 15.5. The first-order valence-corrected chi connectivity index (χ1v) is 8.82. The minimum Gasteiger partial charge on any atom is -0.508 e. The van der Waals surface area contributed by atoms with Gasteiger partial charge >= 0.3 is 0 Å². The van der Waals surface area contributed by atoms with Crippen molar-refractivity contribution in [3.63, 3.8) is 0 Å². The number of fused-ring (bicyclic) bond motifs is 1. The van der Waals surface area contributed by atoms with E-state index in [0.29, 0.717) is 5.75 Å². The van der Waals surface area contributed by atoms with Gasteiger partial charge in [-0.3, -0.25) is 0 Å². The minimum atomic E-state index is 0.236. The molecule has 0 saturated heterocycles. The first kappa shape index (κ1) is 16.8. The number of rotatable bonds is 2. The van der Waals surface area contributed by atoms with Crippen molar-refractivity contribution in [2.24, 2.45) is 0 Å². The molecule has 0 saturated carbocycles. The van der Waals surface area contributed by atoms with Crippen LogP contribution in [0.5, 0.6) is 5.75 Å². The van der Waals surface area contributed by atoms with Crippen LogP contribution in [0.25, 0.3) is 11.6 Å². The maximum atomic E-state index is 9.43. The topological polar surface area (TPSA) is 20.2 Å². The summed E-state index contributed by atoms with van der Waals surface area (Å²) in [5.74, 6) is 0.308. The Kier molecular flexibility index (Phi) is 4.07. The molecule has 0 unspecified atom stereocenters. The molecule has 0 radical (unpaired) electrons.